The van der Waals surface area contributed by atoms with Crippen molar-refractivity contribution in [3.05, 3.63) is 45.9 Å². The van der Waals surface area contributed by atoms with Crippen molar-refractivity contribution in [2.24, 2.45) is 5.73 Å². The Labute approximate surface area is 171 Å². The number of ketones is 1. The molecule has 8 heteroatoms. The number of hydrogen-bond acceptors (Lipinski definition) is 7. The quantitative estimate of drug-likeness (QED) is 0.772. The van der Waals surface area contributed by atoms with Crippen LogP contribution < -0.4 is 24.8 Å². The van der Waals surface area contributed by atoms with Gasteiger partial charge >= 0.3 is 5.72 Å². The molecular formula is C20H20BrN3O4. The Morgan fingerprint density at radius 2 is 1.96 bits per heavy atom. The number of anilines is 1. The molecule has 7 nitrogen and oxygen atoms in total. The lowest BCUT2D eigenvalue weighted by Crippen LogP contribution is -2.56. The topological polar surface area (TPSA) is 97.8 Å². The number of hydrogen-bond donors (Lipinski definition) is 1. The zero-order valence-electron chi connectivity index (χ0n) is 15.9. The van der Waals surface area contributed by atoms with Gasteiger partial charge in [0.2, 0.25) is 5.78 Å². The number of benzene rings is 2. The van der Waals surface area contributed by atoms with E-state index < -0.39 is 17.4 Å². The highest BCUT2D eigenvalue weighted by Gasteiger charge is 2.48. The van der Waals surface area contributed by atoms with Crippen molar-refractivity contribution in [3.8, 4) is 23.3 Å². The Morgan fingerprint density at radius 1 is 1.25 bits per heavy atom. The van der Waals surface area contributed by atoms with Crippen LogP contribution in [0.5, 0.6) is 17.2 Å². The van der Waals surface area contributed by atoms with Gasteiger partial charge in [-0.25, -0.2) is 0 Å². The van der Waals surface area contributed by atoms with Gasteiger partial charge in [-0.2, -0.15) is 5.26 Å². The molecule has 1 heterocycles. The van der Waals surface area contributed by atoms with Gasteiger partial charge in [-0.1, -0.05) is 6.07 Å². The summed E-state index contributed by atoms with van der Waals surface area (Å²) in [5.41, 5.74) is 6.05. The number of Topliss-reactive ketones (excluding diaryl/α,β-unsaturated/α-hetero) is 1. The second-order valence-electron chi connectivity index (χ2n) is 6.60. The first-order valence-electron chi connectivity index (χ1n) is 8.42. The summed E-state index contributed by atoms with van der Waals surface area (Å²) in [6.07, 6.45) is 0. The zero-order chi connectivity index (χ0) is 20.6. The predicted molar refractivity (Wildman–Crippen MR) is 108 cm³/mol. The normalized spacial score (nSPS) is 20.6. The number of carbonyl (C=O) groups excluding carboxylic acids is 1. The maximum absolute atomic E-state index is 13.2. The van der Waals surface area contributed by atoms with Crippen LogP contribution in [0, 0.1) is 11.3 Å². The summed E-state index contributed by atoms with van der Waals surface area (Å²) < 4.78 is 17.0. The summed E-state index contributed by atoms with van der Waals surface area (Å²) in [4.78, 5) is 15.1. The van der Waals surface area contributed by atoms with Crippen LogP contribution in [0.4, 0.5) is 5.69 Å². The molecule has 2 unspecified atom stereocenters. The van der Waals surface area contributed by atoms with E-state index in [1.807, 2.05) is 37.2 Å². The van der Waals surface area contributed by atoms with Gasteiger partial charge in [0, 0.05) is 31.4 Å². The highest BCUT2D eigenvalue weighted by Crippen LogP contribution is 2.45. The minimum absolute atomic E-state index is 0.394. The Balaban J connectivity index is 2.24. The average Bonchev–Trinajstić information content (AvgIpc) is 2.67. The van der Waals surface area contributed by atoms with Crippen molar-refractivity contribution in [2.75, 3.05) is 33.2 Å². The lowest BCUT2D eigenvalue weighted by molar-refractivity contribution is -0.132. The summed E-state index contributed by atoms with van der Waals surface area (Å²) in [7, 11) is 6.82. The van der Waals surface area contributed by atoms with E-state index >= 15 is 0 Å². The Kier molecular flexibility index (Phi) is 5.24. The van der Waals surface area contributed by atoms with E-state index in [2.05, 4.69) is 15.9 Å². The van der Waals surface area contributed by atoms with Crippen LogP contribution in [0.2, 0.25) is 0 Å². The smallest absolute Gasteiger partial charge is 0.306 e. The molecule has 0 saturated heterocycles. The Hall–Kier alpha value is -2.76. The monoisotopic (exact) mass is 445 g/mol. The number of rotatable bonds is 4. The molecule has 0 spiro atoms. The minimum Gasteiger partial charge on any atom is -0.493 e. The average molecular weight is 446 g/mol. The van der Waals surface area contributed by atoms with E-state index in [0.29, 0.717) is 32.8 Å². The number of methoxy groups -OCH3 is 2. The van der Waals surface area contributed by atoms with Crippen molar-refractivity contribution >= 4 is 27.4 Å². The third-order valence-electron chi connectivity index (χ3n) is 4.68. The third-order valence-corrected chi connectivity index (χ3v) is 5.27. The summed E-state index contributed by atoms with van der Waals surface area (Å²) in [6, 6.07) is 10.7. The van der Waals surface area contributed by atoms with Crippen LogP contribution >= 0.6 is 15.9 Å². The number of nitrogens with two attached hydrogens (primary N) is 1. The maximum Gasteiger partial charge on any atom is 0.306 e. The number of halogens is 1. The van der Waals surface area contributed by atoms with E-state index in [-0.39, 0.29) is 0 Å². The van der Waals surface area contributed by atoms with Crippen LogP contribution in [0.1, 0.15) is 17.0 Å². The lowest BCUT2D eigenvalue weighted by Gasteiger charge is -2.34. The van der Waals surface area contributed by atoms with Crippen molar-refractivity contribution in [3.63, 3.8) is 0 Å². The summed E-state index contributed by atoms with van der Waals surface area (Å²) in [5, 5.41) is 9.54. The second-order valence-corrected chi connectivity index (χ2v) is 7.46. The van der Waals surface area contributed by atoms with Crippen LogP contribution in [0.25, 0.3) is 0 Å². The maximum atomic E-state index is 13.2. The van der Waals surface area contributed by atoms with Gasteiger partial charge in [0.25, 0.3) is 0 Å². The molecule has 2 atom stereocenters. The number of carbonyl (C=O) groups is 1. The van der Waals surface area contributed by atoms with Gasteiger partial charge in [-0.15, -0.1) is 0 Å². The molecule has 0 fully saturated rings. The number of ether oxygens (including phenoxy) is 3. The SMILES string of the molecule is COc1cc(C2C(=O)C(N)(C#N)Oc3cc(N(C)C)ccc32)cc(Br)c1OC. The summed E-state index contributed by atoms with van der Waals surface area (Å²) >= 11 is 3.45. The molecule has 0 aliphatic carbocycles. The molecule has 28 heavy (non-hydrogen) atoms. The third kappa shape index (κ3) is 3.17. The van der Waals surface area contributed by atoms with Crippen LogP contribution in [-0.4, -0.2) is 39.8 Å². The fourth-order valence-electron chi connectivity index (χ4n) is 3.22. The van der Waals surface area contributed by atoms with E-state index in [1.165, 1.54) is 14.2 Å². The van der Waals surface area contributed by atoms with Gasteiger partial charge in [0.15, 0.2) is 11.5 Å². The van der Waals surface area contributed by atoms with Gasteiger partial charge < -0.3 is 19.1 Å². The molecule has 146 valence electrons. The van der Waals surface area contributed by atoms with Gasteiger partial charge in [-0.3, -0.25) is 10.5 Å². The lowest BCUT2D eigenvalue weighted by atomic mass is 9.81. The number of nitriles is 1. The van der Waals surface area contributed by atoms with Crippen molar-refractivity contribution in [1.29, 1.82) is 5.26 Å². The first-order chi connectivity index (χ1) is 13.3. The van der Waals surface area contributed by atoms with Gasteiger partial charge in [-0.05, 0) is 39.7 Å². The fourth-order valence-corrected chi connectivity index (χ4v) is 3.84. The molecule has 1 aliphatic heterocycles. The molecular weight excluding hydrogens is 426 g/mol. The zero-order valence-corrected chi connectivity index (χ0v) is 17.5. The highest BCUT2D eigenvalue weighted by molar-refractivity contribution is 9.10. The molecule has 0 saturated carbocycles. The van der Waals surface area contributed by atoms with Crippen LogP contribution in [-0.2, 0) is 4.79 Å². The molecule has 3 rings (SSSR count). The largest absolute Gasteiger partial charge is 0.493 e. The Morgan fingerprint density at radius 3 is 2.54 bits per heavy atom. The number of nitrogens with zero attached hydrogens (tertiary/aromatic N) is 2. The first-order valence-corrected chi connectivity index (χ1v) is 9.21. The van der Waals surface area contributed by atoms with E-state index in [0.717, 1.165) is 5.69 Å². The molecule has 2 aromatic rings. The molecule has 0 aromatic heterocycles. The van der Waals surface area contributed by atoms with Crippen molar-refractivity contribution < 1.29 is 19.0 Å². The molecule has 2 N–H and O–H groups in total. The standard InChI is InChI=1S/C20H20BrN3O4/c1-24(2)12-5-6-13-15(9-12)28-20(23,10-22)19(25)17(13)11-7-14(21)18(27-4)16(8-11)26-3/h5-9,17H,23H2,1-4H3. The van der Waals surface area contributed by atoms with Gasteiger partial charge in [0.05, 0.1) is 24.6 Å². The molecule has 2 aromatic carbocycles. The van der Waals surface area contributed by atoms with E-state index in [1.54, 1.807) is 18.2 Å². The molecule has 0 amide bonds. The van der Waals surface area contributed by atoms with Crippen LogP contribution in [0.15, 0.2) is 34.8 Å². The summed E-state index contributed by atoms with van der Waals surface area (Å²) in [6.45, 7) is 0. The highest BCUT2D eigenvalue weighted by atomic mass is 79.9. The molecule has 0 radical (unpaired) electrons. The fraction of sp³-hybridized carbons (Fsp3) is 0.300. The Bertz CT molecular complexity index is 986. The molecule has 1 aliphatic rings. The van der Waals surface area contributed by atoms with Gasteiger partial charge in [0.1, 0.15) is 11.8 Å². The summed E-state index contributed by atoms with van der Waals surface area (Å²) in [5.74, 6) is 0.0242. The van der Waals surface area contributed by atoms with Crippen molar-refractivity contribution in [2.45, 2.75) is 11.6 Å². The minimum atomic E-state index is -2.08. The predicted octanol–water partition coefficient (Wildman–Crippen LogP) is 2.80. The van der Waals surface area contributed by atoms with Crippen molar-refractivity contribution in [1.82, 2.24) is 0 Å². The second kappa shape index (κ2) is 7.34. The number of fused-ring (bicyclic) bond motifs is 1. The van der Waals surface area contributed by atoms with E-state index in [4.69, 9.17) is 19.9 Å². The van der Waals surface area contributed by atoms with Crippen LogP contribution in [0.3, 0.4) is 0 Å². The molecule has 0 bridgehead atoms. The van der Waals surface area contributed by atoms with E-state index in [9.17, 15) is 10.1 Å². The first kappa shape index (κ1) is 20.0.